The number of benzene rings is 2. The predicted molar refractivity (Wildman–Crippen MR) is 133 cm³/mol. The Morgan fingerprint density at radius 1 is 1.12 bits per heavy atom. The molecular formula is C26H31N5O3. The molecule has 1 aliphatic heterocycles. The van der Waals surface area contributed by atoms with Crippen molar-refractivity contribution >= 4 is 17.5 Å². The minimum absolute atomic E-state index is 0.0248. The van der Waals surface area contributed by atoms with E-state index >= 15 is 0 Å². The van der Waals surface area contributed by atoms with Crippen LogP contribution in [0.2, 0.25) is 0 Å². The fourth-order valence-electron chi connectivity index (χ4n) is 4.08. The van der Waals surface area contributed by atoms with Crippen molar-refractivity contribution in [3.05, 3.63) is 60.3 Å². The Kier molecular flexibility index (Phi) is 7.93. The number of rotatable bonds is 10. The Labute approximate surface area is 200 Å². The first-order chi connectivity index (χ1) is 16.6. The lowest BCUT2D eigenvalue weighted by atomic mass is 10.1. The molecule has 2 aromatic carbocycles. The van der Waals surface area contributed by atoms with E-state index in [1.807, 2.05) is 48.5 Å². The molecule has 1 amide bonds. The highest BCUT2D eigenvalue weighted by molar-refractivity contribution is 5.91. The van der Waals surface area contributed by atoms with Crippen molar-refractivity contribution in [2.45, 2.75) is 31.7 Å². The molecule has 0 spiro atoms. The molecule has 0 bridgehead atoms. The van der Waals surface area contributed by atoms with Crippen molar-refractivity contribution in [2.75, 3.05) is 37.9 Å². The predicted octanol–water partition coefficient (Wildman–Crippen LogP) is 3.90. The van der Waals surface area contributed by atoms with Gasteiger partial charge in [-0.15, -0.1) is 0 Å². The SMILES string of the molecule is COc1ccc(CCNc2nccc(-c3cccc(NC(=O)CC4CCCN4)c3)n2)cc1OC. The highest BCUT2D eigenvalue weighted by atomic mass is 16.5. The highest BCUT2D eigenvalue weighted by Crippen LogP contribution is 2.27. The number of hydrogen-bond donors (Lipinski definition) is 3. The second-order valence-electron chi connectivity index (χ2n) is 8.26. The second kappa shape index (κ2) is 11.5. The Bertz CT molecular complexity index is 1120. The number of methoxy groups -OCH3 is 2. The number of nitrogens with zero attached hydrogens (tertiary/aromatic N) is 2. The first kappa shape index (κ1) is 23.5. The summed E-state index contributed by atoms with van der Waals surface area (Å²) < 4.78 is 10.7. The number of nitrogens with one attached hydrogen (secondary N) is 3. The average molecular weight is 462 g/mol. The van der Waals surface area contributed by atoms with Gasteiger partial charge in [0.15, 0.2) is 11.5 Å². The molecule has 1 aromatic heterocycles. The molecule has 1 fully saturated rings. The van der Waals surface area contributed by atoms with Crippen molar-refractivity contribution in [2.24, 2.45) is 0 Å². The Balaban J connectivity index is 1.35. The third-order valence-electron chi connectivity index (χ3n) is 5.84. The molecule has 1 aliphatic rings. The van der Waals surface area contributed by atoms with E-state index in [-0.39, 0.29) is 11.9 Å². The molecule has 4 rings (SSSR count). The molecule has 2 heterocycles. The number of hydrogen-bond acceptors (Lipinski definition) is 7. The molecular weight excluding hydrogens is 430 g/mol. The summed E-state index contributed by atoms with van der Waals surface area (Å²) in [5.41, 5.74) is 3.60. The molecule has 178 valence electrons. The van der Waals surface area contributed by atoms with Crippen molar-refractivity contribution in [3.8, 4) is 22.8 Å². The summed E-state index contributed by atoms with van der Waals surface area (Å²) in [6, 6.07) is 15.8. The first-order valence-electron chi connectivity index (χ1n) is 11.6. The quantitative estimate of drug-likeness (QED) is 0.421. The van der Waals surface area contributed by atoms with Crippen molar-refractivity contribution in [3.63, 3.8) is 0 Å². The van der Waals surface area contributed by atoms with Crippen LogP contribution >= 0.6 is 0 Å². The van der Waals surface area contributed by atoms with E-state index in [1.54, 1.807) is 20.4 Å². The number of carbonyl (C=O) groups is 1. The summed E-state index contributed by atoms with van der Waals surface area (Å²) in [5.74, 6) is 2.00. The largest absolute Gasteiger partial charge is 0.493 e. The van der Waals surface area contributed by atoms with Crippen LogP contribution in [0.5, 0.6) is 11.5 Å². The van der Waals surface area contributed by atoms with Gasteiger partial charge < -0.3 is 25.4 Å². The van der Waals surface area contributed by atoms with E-state index in [2.05, 4.69) is 25.9 Å². The molecule has 3 N–H and O–H groups in total. The number of anilines is 2. The van der Waals surface area contributed by atoms with E-state index in [0.717, 1.165) is 48.3 Å². The lowest BCUT2D eigenvalue weighted by Crippen LogP contribution is -2.27. The van der Waals surface area contributed by atoms with Crippen LogP contribution in [0.25, 0.3) is 11.3 Å². The zero-order valence-corrected chi connectivity index (χ0v) is 19.6. The third-order valence-corrected chi connectivity index (χ3v) is 5.84. The van der Waals surface area contributed by atoms with Crippen LogP contribution in [0.15, 0.2) is 54.7 Å². The van der Waals surface area contributed by atoms with Gasteiger partial charge in [0, 0.05) is 36.5 Å². The van der Waals surface area contributed by atoms with Crippen LogP contribution in [-0.2, 0) is 11.2 Å². The minimum atomic E-state index is 0.0248. The second-order valence-corrected chi connectivity index (χ2v) is 8.26. The zero-order chi connectivity index (χ0) is 23.8. The van der Waals surface area contributed by atoms with E-state index in [0.29, 0.717) is 30.4 Å². The van der Waals surface area contributed by atoms with Crippen molar-refractivity contribution in [1.29, 1.82) is 0 Å². The summed E-state index contributed by atoms with van der Waals surface area (Å²) in [7, 11) is 3.26. The fourth-order valence-corrected chi connectivity index (χ4v) is 4.08. The molecule has 3 aromatic rings. The van der Waals surface area contributed by atoms with Gasteiger partial charge in [-0.25, -0.2) is 9.97 Å². The van der Waals surface area contributed by atoms with Gasteiger partial charge >= 0.3 is 0 Å². The van der Waals surface area contributed by atoms with Gasteiger partial charge in [-0.3, -0.25) is 4.79 Å². The average Bonchev–Trinajstić information content (AvgIpc) is 3.37. The number of amides is 1. The molecule has 34 heavy (non-hydrogen) atoms. The number of carbonyl (C=O) groups excluding carboxylic acids is 1. The number of ether oxygens (including phenoxy) is 2. The molecule has 8 heteroatoms. The Morgan fingerprint density at radius 2 is 2.00 bits per heavy atom. The first-order valence-corrected chi connectivity index (χ1v) is 11.6. The minimum Gasteiger partial charge on any atom is -0.493 e. The monoisotopic (exact) mass is 461 g/mol. The van der Waals surface area contributed by atoms with Gasteiger partial charge in [-0.05, 0) is 61.7 Å². The Morgan fingerprint density at radius 3 is 2.79 bits per heavy atom. The lowest BCUT2D eigenvalue weighted by molar-refractivity contribution is -0.116. The molecule has 1 saturated heterocycles. The van der Waals surface area contributed by atoms with Gasteiger partial charge in [0.1, 0.15) is 0 Å². The van der Waals surface area contributed by atoms with Crippen LogP contribution in [0.1, 0.15) is 24.8 Å². The maximum atomic E-state index is 12.4. The smallest absolute Gasteiger partial charge is 0.225 e. The molecule has 0 saturated carbocycles. The normalized spacial score (nSPS) is 15.1. The molecule has 0 radical (unpaired) electrons. The zero-order valence-electron chi connectivity index (χ0n) is 19.6. The van der Waals surface area contributed by atoms with Gasteiger partial charge in [-0.2, -0.15) is 0 Å². The van der Waals surface area contributed by atoms with Crippen molar-refractivity contribution < 1.29 is 14.3 Å². The molecule has 1 atom stereocenters. The maximum Gasteiger partial charge on any atom is 0.225 e. The molecule has 1 unspecified atom stereocenters. The summed E-state index contributed by atoms with van der Waals surface area (Å²) in [4.78, 5) is 21.4. The van der Waals surface area contributed by atoms with E-state index in [4.69, 9.17) is 9.47 Å². The van der Waals surface area contributed by atoms with E-state index < -0.39 is 0 Å². The summed E-state index contributed by atoms with van der Waals surface area (Å²) in [5, 5.41) is 9.65. The summed E-state index contributed by atoms with van der Waals surface area (Å²) in [6.07, 6.45) is 5.19. The summed E-state index contributed by atoms with van der Waals surface area (Å²) in [6.45, 7) is 1.66. The van der Waals surface area contributed by atoms with Crippen molar-refractivity contribution in [1.82, 2.24) is 15.3 Å². The van der Waals surface area contributed by atoms with Gasteiger partial charge in [0.05, 0.1) is 19.9 Å². The maximum absolute atomic E-state index is 12.4. The summed E-state index contributed by atoms with van der Waals surface area (Å²) >= 11 is 0. The third kappa shape index (κ3) is 6.23. The molecule has 0 aliphatic carbocycles. The van der Waals surface area contributed by atoms with Crippen LogP contribution in [-0.4, -0.2) is 49.2 Å². The lowest BCUT2D eigenvalue weighted by Gasteiger charge is -2.12. The highest BCUT2D eigenvalue weighted by Gasteiger charge is 2.17. The number of aromatic nitrogens is 2. The van der Waals surface area contributed by atoms with Crippen LogP contribution < -0.4 is 25.4 Å². The standard InChI is InChI=1S/C26H31N5O3/c1-33-23-9-8-18(15-24(23)34-2)10-13-28-26-29-14-11-22(31-26)19-5-3-6-21(16-19)30-25(32)17-20-7-4-12-27-20/h3,5-6,8-9,11,14-16,20,27H,4,7,10,12-13,17H2,1-2H3,(H,30,32)(H,28,29,31). The van der Waals surface area contributed by atoms with Gasteiger partial charge in [0.25, 0.3) is 0 Å². The van der Waals surface area contributed by atoms with E-state index in [9.17, 15) is 4.79 Å². The van der Waals surface area contributed by atoms with Gasteiger partial charge in [-0.1, -0.05) is 18.2 Å². The van der Waals surface area contributed by atoms with E-state index in [1.165, 1.54) is 0 Å². The molecule has 8 nitrogen and oxygen atoms in total. The van der Waals surface area contributed by atoms with Gasteiger partial charge in [0.2, 0.25) is 11.9 Å². The van der Waals surface area contributed by atoms with Crippen LogP contribution in [0.3, 0.4) is 0 Å². The topological polar surface area (TPSA) is 97.4 Å². The Hall–Kier alpha value is -3.65. The van der Waals surface area contributed by atoms with Crippen LogP contribution in [0, 0.1) is 0 Å². The van der Waals surface area contributed by atoms with Crippen LogP contribution in [0.4, 0.5) is 11.6 Å². The fraction of sp³-hybridized carbons (Fsp3) is 0.346.